The SMILES string of the molecule is CNCC(Cc1ccccc1)NC(=O)CCC(N)=NC(C)=NC(C)C. The first-order chi connectivity index (χ1) is 11.9. The van der Waals surface area contributed by atoms with Crippen LogP contribution in [0.4, 0.5) is 0 Å². The highest BCUT2D eigenvalue weighted by Gasteiger charge is 2.12. The number of hydrogen-bond acceptors (Lipinski definition) is 3. The Bertz CT molecular complexity index is 581. The molecule has 25 heavy (non-hydrogen) atoms. The molecule has 0 aliphatic heterocycles. The molecule has 6 heteroatoms. The number of benzene rings is 1. The van der Waals surface area contributed by atoms with E-state index >= 15 is 0 Å². The summed E-state index contributed by atoms with van der Waals surface area (Å²) in [6, 6.07) is 10.4. The van der Waals surface area contributed by atoms with E-state index in [2.05, 4.69) is 32.8 Å². The lowest BCUT2D eigenvalue weighted by Crippen LogP contribution is -2.42. The van der Waals surface area contributed by atoms with E-state index in [0.717, 1.165) is 6.42 Å². The minimum absolute atomic E-state index is 0.0206. The van der Waals surface area contributed by atoms with Crippen molar-refractivity contribution < 1.29 is 4.79 Å². The average molecular weight is 345 g/mol. The van der Waals surface area contributed by atoms with Crippen LogP contribution >= 0.6 is 0 Å². The average Bonchev–Trinajstić information content (AvgIpc) is 2.53. The molecule has 0 aliphatic carbocycles. The second kappa shape index (κ2) is 11.4. The van der Waals surface area contributed by atoms with E-state index in [0.29, 0.717) is 31.1 Å². The standard InChI is InChI=1S/C19H31N5O/c1-14(2)22-15(3)23-18(20)10-11-19(25)24-17(13-21-4)12-16-8-6-5-7-9-16/h5-9,14,17,21H,10-13H2,1-4H3,(H,24,25)(H2,20,22,23). The first-order valence-electron chi connectivity index (χ1n) is 8.76. The summed E-state index contributed by atoms with van der Waals surface area (Å²) in [6.45, 7) is 6.49. The third-order valence-electron chi connectivity index (χ3n) is 3.50. The molecular weight excluding hydrogens is 314 g/mol. The molecule has 4 N–H and O–H groups in total. The number of amidine groups is 2. The summed E-state index contributed by atoms with van der Waals surface area (Å²) in [6.07, 6.45) is 1.53. The predicted octanol–water partition coefficient (Wildman–Crippen LogP) is 1.90. The molecule has 1 unspecified atom stereocenters. The van der Waals surface area contributed by atoms with Gasteiger partial charge < -0.3 is 16.4 Å². The van der Waals surface area contributed by atoms with Crippen molar-refractivity contribution in [2.75, 3.05) is 13.6 Å². The van der Waals surface area contributed by atoms with Crippen molar-refractivity contribution >= 4 is 17.6 Å². The van der Waals surface area contributed by atoms with Crippen LogP contribution in [0.5, 0.6) is 0 Å². The molecule has 138 valence electrons. The largest absolute Gasteiger partial charge is 0.387 e. The number of amides is 1. The van der Waals surface area contributed by atoms with Gasteiger partial charge in [0.25, 0.3) is 0 Å². The third-order valence-corrected chi connectivity index (χ3v) is 3.50. The molecule has 0 heterocycles. The van der Waals surface area contributed by atoms with Crippen molar-refractivity contribution in [3.05, 3.63) is 35.9 Å². The number of likely N-dealkylation sites (N-methyl/N-ethyl adjacent to an activating group) is 1. The molecule has 0 aliphatic rings. The van der Waals surface area contributed by atoms with Crippen LogP contribution in [-0.4, -0.2) is 43.3 Å². The first kappa shape index (κ1) is 20.8. The van der Waals surface area contributed by atoms with E-state index in [-0.39, 0.29) is 18.0 Å². The van der Waals surface area contributed by atoms with Crippen molar-refractivity contribution in [2.24, 2.45) is 15.7 Å². The summed E-state index contributed by atoms with van der Waals surface area (Å²) in [4.78, 5) is 20.7. The number of nitrogens with two attached hydrogens (primary N) is 1. The maximum atomic E-state index is 12.2. The highest BCUT2D eigenvalue weighted by molar-refractivity contribution is 5.96. The summed E-state index contributed by atoms with van der Waals surface area (Å²) < 4.78 is 0. The molecule has 0 bridgehead atoms. The number of rotatable bonds is 9. The molecule has 1 rings (SSSR count). The van der Waals surface area contributed by atoms with Crippen LogP contribution in [0.3, 0.4) is 0 Å². The quantitative estimate of drug-likeness (QED) is 0.471. The van der Waals surface area contributed by atoms with Crippen LogP contribution in [0.2, 0.25) is 0 Å². The van der Waals surface area contributed by atoms with Crippen molar-refractivity contribution in [3.63, 3.8) is 0 Å². The lowest BCUT2D eigenvalue weighted by atomic mass is 10.1. The normalized spacial score (nSPS) is 13.8. The molecule has 1 aromatic carbocycles. The Morgan fingerprint density at radius 3 is 2.48 bits per heavy atom. The maximum absolute atomic E-state index is 12.2. The minimum atomic E-state index is -0.0206. The molecule has 0 fully saturated rings. The van der Waals surface area contributed by atoms with E-state index < -0.39 is 0 Å². The summed E-state index contributed by atoms with van der Waals surface area (Å²) in [5.41, 5.74) is 7.09. The molecule has 0 spiro atoms. The lowest BCUT2D eigenvalue weighted by Gasteiger charge is -2.18. The van der Waals surface area contributed by atoms with Gasteiger partial charge in [-0.3, -0.25) is 9.79 Å². The first-order valence-corrected chi connectivity index (χ1v) is 8.76. The maximum Gasteiger partial charge on any atom is 0.220 e. The number of carbonyl (C=O) groups excluding carboxylic acids is 1. The van der Waals surface area contributed by atoms with Crippen molar-refractivity contribution in [1.29, 1.82) is 0 Å². The fourth-order valence-corrected chi connectivity index (χ4v) is 2.53. The molecule has 0 aromatic heterocycles. The second-order valence-electron chi connectivity index (χ2n) is 6.39. The zero-order valence-corrected chi connectivity index (χ0v) is 15.7. The molecule has 0 radical (unpaired) electrons. The van der Waals surface area contributed by atoms with Crippen LogP contribution in [0.1, 0.15) is 39.2 Å². The Morgan fingerprint density at radius 2 is 1.88 bits per heavy atom. The van der Waals surface area contributed by atoms with Crippen LogP contribution < -0.4 is 16.4 Å². The van der Waals surface area contributed by atoms with Gasteiger partial charge in [-0.15, -0.1) is 0 Å². The second-order valence-corrected chi connectivity index (χ2v) is 6.39. The van der Waals surface area contributed by atoms with Gasteiger partial charge in [-0.1, -0.05) is 30.3 Å². The molecule has 1 aromatic rings. The Balaban J connectivity index is 2.50. The fourth-order valence-electron chi connectivity index (χ4n) is 2.53. The third kappa shape index (κ3) is 9.62. The smallest absolute Gasteiger partial charge is 0.220 e. The highest BCUT2D eigenvalue weighted by Crippen LogP contribution is 2.03. The number of nitrogens with one attached hydrogen (secondary N) is 2. The van der Waals surface area contributed by atoms with Gasteiger partial charge in [0.2, 0.25) is 5.91 Å². The topological polar surface area (TPSA) is 91.9 Å². The predicted molar refractivity (Wildman–Crippen MR) is 105 cm³/mol. The van der Waals surface area contributed by atoms with E-state index in [1.54, 1.807) is 0 Å². The van der Waals surface area contributed by atoms with Crippen molar-refractivity contribution in [1.82, 2.24) is 10.6 Å². The van der Waals surface area contributed by atoms with Gasteiger partial charge in [-0.05, 0) is 39.8 Å². The van der Waals surface area contributed by atoms with E-state index in [9.17, 15) is 4.79 Å². The molecule has 1 atom stereocenters. The van der Waals surface area contributed by atoms with Crippen LogP contribution in [-0.2, 0) is 11.2 Å². The van der Waals surface area contributed by atoms with Crippen molar-refractivity contribution in [3.8, 4) is 0 Å². The minimum Gasteiger partial charge on any atom is -0.387 e. The van der Waals surface area contributed by atoms with Crippen LogP contribution in [0.25, 0.3) is 0 Å². The monoisotopic (exact) mass is 345 g/mol. The van der Waals surface area contributed by atoms with E-state index in [1.165, 1.54) is 5.56 Å². The van der Waals surface area contributed by atoms with E-state index in [4.69, 9.17) is 5.73 Å². The Hall–Kier alpha value is -2.21. The molecular formula is C19H31N5O. The number of carbonyl (C=O) groups is 1. The Kier molecular flexibility index (Phi) is 9.47. The number of nitrogens with zero attached hydrogens (tertiary/aromatic N) is 2. The summed E-state index contributed by atoms with van der Waals surface area (Å²) >= 11 is 0. The van der Waals surface area contributed by atoms with Gasteiger partial charge in [-0.2, -0.15) is 0 Å². The van der Waals surface area contributed by atoms with Gasteiger partial charge in [-0.25, -0.2) is 4.99 Å². The van der Waals surface area contributed by atoms with Gasteiger partial charge in [0.1, 0.15) is 11.7 Å². The summed E-state index contributed by atoms with van der Waals surface area (Å²) in [7, 11) is 1.88. The van der Waals surface area contributed by atoms with Gasteiger partial charge in [0.15, 0.2) is 0 Å². The van der Waals surface area contributed by atoms with Crippen molar-refractivity contribution in [2.45, 2.75) is 52.1 Å². The Labute approximate surface area is 151 Å². The summed E-state index contributed by atoms with van der Waals surface area (Å²) in [5.74, 6) is 1.06. The van der Waals surface area contributed by atoms with Crippen LogP contribution in [0, 0.1) is 0 Å². The zero-order chi connectivity index (χ0) is 18.7. The van der Waals surface area contributed by atoms with Crippen LogP contribution in [0.15, 0.2) is 40.3 Å². The number of hydrogen-bond donors (Lipinski definition) is 3. The molecule has 0 saturated heterocycles. The molecule has 1 amide bonds. The lowest BCUT2D eigenvalue weighted by molar-refractivity contribution is -0.121. The van der Waals surface area contributed by atoms with Gasteiger partial charge in [0, 0.05) is 31.5 Å². The molecule has 0 saturated carbocycles. The number of aliphatic imine (C=N–C) groups is 2. The molecule has 6 nitrogen and oxygen atoms in total. The Morgan fingerprint density at radius 1 is 1.20 bits per heavy atom. The van der Waals surface area contributed by atoms with Gasteiger partial charge >= 0.3 is 0 Å². The fraction of sp³-hybridized carbons (Fsp3) is 0.526. The summed E-state index contributed by atoms with van der Waals surface area (Å²) in [5, 5.41) is 6.19. The highest BCUT2D eigenvalue weighted by atomic mass is 16.1. The zero-order valence-electron chi connectivity index (χ0n) is 15.7. The van der Waals surface area contributed by atoms with Gasteiger partial charge in [0.05, 0.1) is 0 Å². The van der Waals surface area contributed by atoms with E-state index in [1.807, 2.05) is 46.0 Å².